The van der Waals surface area contributed by atoms with E-state index < -0.39 is 29.8 Å². The second-order valence-electron chi connectivity index (χ2n) is 8.52. The third kappa shape index (κ3) is 7.16. The largest absolute Gasteiger partial charge is 0.480 e. The van der Waals surface area contributed by atoms with Gasteiger partial charge in [0.15, 0.2) is 0 Å². The van der Waals surface area contributed by atoms with Crippen molar-refractivity contribution >= 4 is 17.7 Å². The highest BCUT2D eigenvalue weighted by molar-refractivity contribution is 5.96. The van der Waals surface area contributed by atoms with Gasteiger partial charge in [-0.15, -0.1) is 0 Å². The van der Waals surface area contributed by atoms with Crippen LogP contribution in [0.25, 0.3) is 0 Å². The van der Waals surface area contributed by atoms with Crippen LogP contribution in [0.1, 0.15) is 38.7 Å². The first kappa shape index (κ1) is 27.3. The van der Waals surface area contributed by atoms with Gasteiger partial charge in [0.05, 0.1) is 12.7 Å². The average molecular weight is 535 g/mol. The topological polar surface area (TPSA) is 76.7 Å². The van der Waals surface area contributed by atoms with E-state index in [1.54, 1.807) is 12.1 Å². The molecular weight excluding hydrogens is 509 g/mol. The number of alkyl halides is 3. The van der Waals surface area contributed by atoms with Crippen molar-refractivity contribution in [2.75, 3.05) is 12.4 Å². The minimum atomic E-state index is -4.43. The summed E-state index contributed by atoms with van der Waals surface area (Å²) in [7, 11) is 1.24. The molecule has 0 aliphatic carbocycles. The van der Waals surface area contributed by atoms with Crippen LogP contribution in [0.2, 0.25) is 0 Å². The van der Waals surface area contributed by atoms with Crippen LogP contribution >= 0.6 is 0 Å². The summed E-state index contributed by atoms with van der Waals surface area (Å²) in [6.07, 6.45) is -4.94. The molecule has 39 heavy (non-hydrogen) atoms. The molecule has 0 aliphatic rings. The lowest BCUT2D eigenvalue weighted by Gasteiger charge is -2.22. The molecule has 0 saturated heterocycles. The van der Waals surface area contributed by atoms with Crippen LogP contribution in [0, 0.1) is 0 Å². The first-order chi connectivity index (χ1) is 18.7. The Bertz CT molecular complexity index is 1370. The van der Waals surface area contributed by atoms with Gasteiger partial charge in [-0.25, -0.2) is 9.59 Å². The summed E-state index contributed by atoms with van der Waals surface area (Å²) < 4.78 is 49.5. The van der Waals surface area contributed by atoms with Crippen molar-refractivity contribution < 1.29 is 32.2 Å². The fourth-order valence-electron chi connectivity index (χ4n) is 3.86. The molecule has 200 valence electrons. The number of hydrogen-bond donors (Lipinski definition) is 2. The number of halogens is 3. The molecule has 2 N–H and O–H groups in total. The summed E-state index contributed by atoms with van der Waals surface area (Å²) in [6, 6.07) is 27.5. The molecular formula is C30H25F3N2O4. The maximum absolute atomic E-state index is 12.7. The molecule has 0 saturated carbocycles. The number of urea groups is 1. The van der Waals surface area contributed by atoms with E-state index in [0.29, 0.717) is 11.3 Å². The molecule has 0 heterocycles. The molecule has 2 amide bonds. The minimum Gasteiger partial charge on any atom is -0.480 e. The molecule has 4 aromatic rings. The molecule has 0 spiro atoms. The van der Waals surface area contributed by atoms with E-state index >= 15 is 0 Å². The standard InChI is InChI=1S/C30H25F3N2O4/c1-38-28(36)25-18-24(35-29(37)34-19-20-12-14-23(15-13-20)30(31,32)33)16-17-26(25)39-27(21-8-4-2-5-9-21)22-10-6-3-7-11-22/h2-18,27H,19H2,1H3,(H2,34,35,37). The monoisotopic (exact) mass is 534 g/mol. The fourth-order valence-corrected chi connectivity index (χ4v) is 3.86. The van der Waals surface area contributed by atoms with Crippen LogP contribution in [0.15, 0.2) is 103 Å². The second-order valence-corrected chi connectivity index (χ2v) is 8.52. The Morgan fingerprint density at radius 3 is 1.95 bits per heavy atom. The van der Waals surface area contributed by atoms with Gasteiger partial charge in [0, 0.05) is 12.2 Å². The molecule has 4 rings (SSSR count). The maximum Gasteiger partial charge on any atom is 0.416 e. The van der Waals surface area contributed by atoms with E-state index in [4.69, 9.17) is 9.47 Å². The van der Waals surface area contributed by atoms with Crippen LogP contribution in [0.3, 0.4) is 0 Å². The molecule has 0 aliphatic heterocycles. The number of nitrogens with one attached hydrogen (secondary N) is 2. The zero-order valence-corrected chi connectivity index (χ0v) is 20.9. The lowest BCUT2D eigenvalue weighted by Crippen LogP contribution is -2.28. The van der Waals surface area contributed by atoms with E-state index in [1.165, 1.54) is 25.3 Å². The number of amides is 2. The number of anilines is 1. The summed E-state index contributed by atoms with van der Waals surface area (Å²) >= 11 is 0. The number of hydrogen-bond acceptors (Lipinski definition) is 4. The van der Waals surface area contributed by atoms with Gasteiger partial charge in [0.2, 0.25) is 0 Å². The van der Waals surface area contributed by atoms with E-state index in [9.17, 15) is 22.8 Å². The Labute approximate surface area is 223 Å². The molecule has 0 radical (unpaired) electrons. The molecule has 0 fully saturated rings. The van der Waals surface area contributed by atoms with Crippen molar-refractivity contribution in [1.82, 2.24) is 5.32 Å². The molecule has 9 heteroatoms. The Balaban J connectivity index is 1.50. The predicted octanol–water partition coefficient (Wildman–Crippen LogP) is 6.98. The second kappa shape index (κ2) is 12.2. The molecule has 6 nitrogen and oxygen atoms in total. The van der Waals surface area contributed by atoms with Gasteiger partial charge >= 0.3 is 18.2 Å². The summed E-state index contributed by atoms with van der Waals surface area (Å²) in [5.74, 6) is -0.394. The highest BCUT2D eigenvalue weighted by atomic mass is 19.4. The lowest BCUT2D eigenvalue weighted by molar-refractivity contribution is -0.137. The third-order valence-electron chi connectivity index (χ3n) is 5.83. The molecule has 0 unspecified atom stereocenters. The smallest absolute Gasteiger partial charge is 0.416 e. The van der Waals surface area contributed by atoms with Crippen molar-refractivity contribution in [2.45, 2.75) is 18.8 Å². The van der Waals surface area contributed by atoms with Crippen LogP contribution in [0.4, 0.5) is 23.7 Å². The van der Waals surface area contributed by atoms with E-state index in [1.807, 2.05) is 60.7 Å². The normalized spacial score (nSPS) is 11.1. The van der Waals surface area contributed by atoms with Gasteiger partial charge in [-0.1, -0.05) is 72.8 Å². The van der Waals surface area contributed by atoms with E-state index in [0.717, 1.165) is 23.3 Å². The lowest BCUT2D eigenvalue weighted by atomic mass is 10.0. The van der Waals surface area contributed by atoms with Crippen molar-refractivity contribution in [3.05, 3.63) is 131 Å². The first-order valence-corrected chi connectivity index (χ1v) is 11.9. The Kier molecular flexibility index (Phi) is 8.50. The van der Waals surface area contributed by atoms with Gasteiger partial charge in [-0.05, 0) is 47.0 Å². The fraction of sp³-hybridized carbons (Fsp3) is 0.133. The first-order valence-electron chi connectivity index (χ1n) is 11.9. The Morgan fingerprint density at radius 2 is 1.41 bits per heavy atom. The van der Waals surface area contributed by atoms with Gasteiger partial charge in [-0.3, -0.25) is 0 Å². The number of ether oxygens (including phenoxy) is 2. The third-order valence-corrected chi connectivity index (χ3v) is 5.83. The van der Waals surface area contributed by atoms with Crippen molar-refractivity contribution in [2.24, 2.45) is 0 Å². The van der Waals surface area contributed by atoms with Crippen LogP contribution in [-0.2, 0) is 17.5 Å². The summed E-state index contributed by atoms with van der Waals surface area (Å²) in [6.45, 7) is 0.00482. The summed E-state index contributed by atoms with van der Waals surface area (Å²) in [4.78, 5) is 25.1. The van der Waals surface area contributed by atoms with E-state index in [-0.39, 0.29) is 17.9 Å². The molecule has 0 aromatic heterocycles. The number of benzene rings is 4. The Morgan fingerprint density at radius 1 is 0.821 bits per heavy atom. The highest BCUT2D eigenvalue weighted by Gasteiger charge is 2.30. The quantitative estimate of drug-likeness (QED) is 0.239. The molecule has 0 atom stereocenters. The van der Waals surface area contributed by atoms with Crippen molar-refractivity contribution in [1.29, 1.82) is 0 Å². The van der Waals surface area contributed by atoms with Gasteiger partial charge in [0.25, 0.3) is 0 Å². The van der Waals surface area contributed by atoms with Crippen LogP contribution < -0.4 is 15.4 Å². The zero-order chi connectivity index (χ0) is 27.8. The molecule has 4 aromatic carbocycles. The summed E-state index contributed by atoms with van der Waals surface area (Å²) in [5, 5.41) is 5.20. The van der Waals surface area contributed by atoms with Gasteiger partial charge in [0.1, 0.15) is 17.4 Å². The average Bonchev–Trinajstić information content (AvgIpc) is 2.95. The van der Waals surface area contributed by atoms with Crippen LogP contribution in [-0.4, -0.2) is 19.1 Å². The van der Waals surface area contributed by atoms with Gasteiger partial charge < -0.3 is 20.1 Å². The zero-order valence-electron chi connectivity index (χ0n) is 20.9. The number of carbonyl (C=O) groups is 2. The number of esters is 1. The highest BCUT2D eigenvalue weighted by Crippen LogP contribution is 2.32. The van der Waals surface area contributed by atoms with Crippen molar-refractivity contribution in [3.8, 4) is 5.75 Å². The van der Waals surface area contributed by atoms with Crippen molar-refractivity contribution in [3.63, 3.8) is 0 Å². The molecule has 0 bridgehead atoms. The Hall–Kier alpha value is -4.79. The van der Waals surface area contributed by atoms with Crippen LogP contribution in [0.5, 0.6) is 5.75 Å². The number of rotatable bonds is 8. The van der Waals surface area contributed by atoms with Gasteiger partial charge in [-0.2, -0.15) is 13.2 Å². The minimum absolute atomic E-state index is 0.00482. The predicted molar refractivity (Wildman–Crippen MR) is 140 cm³/mol. The summed E-state index contributed by atoms with van der Waals surface area (Å²) in [5.41, 5.74) is 1.88. The number of carbonyl (C=O) groups excluding carboxylic acids is 2. The number of methoxy groups -OCH3 is 1. The van der Waals surface area contributed by atoms with E-state index in [2.05, 4.69) is 10.6 Å². The maximum atomic E-state index is 12.7. The SMILES string of the molecule is COC(=O)c1cc(NC(=O)NCc2ccc(C(F)(F)F)cc2)ccc1OC(c1ccccc1)c1ccccc1.